The third kappa shape index (κ3) is 5.73. The summed E-state index contributed by atoms with van der Waals surface area (Å²) in [7, 11) is -1.35. The Labute approximate surface area is 244 Å². The zero-order chi connectivity index (χ0) is 30.1. The van der Waals surface area contributed by atoms with Gasteiger partial charge in [-0.1, -0.05) is 30.2 Å². The van der Waals surface area contributed by atoms with E-state index in [1.165, 1.54) is 22.8 Å². The number of aliphatic hydroxyl groups is 1. The maximum Gasteiger partial charge on any atom is 0.297 e. The first-order valence-electron chi connectivity index (χ1n) is 14.4. The van der Waals surface area contributed by atoms with Gasteiger partial charge >= 0.3 is 0 Å². The van der Waals surface area contributed by atoms with Crippen molar-refractivity contribution >= 4 is 19.9 Å². The monoisotopic (exact) mass is 580 g/mol. The highest BCUT2D eigenvalue weighted by Gasteiger charge is 2.66. The molecule has 3 heterocycles. The van der Waals surface area contributed by atoms with Crippen LogP contribution in [0.3, 0.4) is 0 Å². The number of pyridine rings is 1. The van der Waals surface area contributed by atoms with E-state index in [-0.39, 0.29) is 35.3 Å². The number of methoxy groups -OCH3 is 1. The number of nitrogens with zero attached hydrogens (tertiary/aromatic N) is 2. The number of amides is 1. The largest absolute Gasteiger partial charge is 0.491 e. The predicted octanol–water partition coefficient (Wildman–Crippen LogP) is 5.07. The molecule has 0 unspecified atom stereocenters. The van der Waals surface area contributed by atoms with Gasteiger partial charge in [0.1, 0.15) is 0 Å². The van der Waals surface area contributed by atoms with Gasteiger partial charge < -0.3 is 24.3 Å². The highest BCUT2D eigenvalue weighted by molar-refractivity contribution is 6.71. The summed E-state index contributed by atoms with van der Waals surface area (Å²) in [5.41, 5.74) is 2.57. The molecule has 1 spiro atoms. The van der Waals surface area contributed by atoms with Gasteiger partial charge in [0.05, 0.1) is 18.9 Å². The number of hydrogen-bond acceptors (Lipinski definition) is 6. The van der Waals surface area contributed by atoms with Gasteiger partial charge in [-0.15, -0.1) is 0 Å². The molecule has 2 aliphatic rings. The summed E-state index contributed by atoms with van der Waals surface area (Å²) in [6.45, 7) is 12.2. The van der Waals surface area contributed by atoms with Gasteiger partial charge in [-0.3, -0.25) is 14.2 Å². The predicted molar refractivity (Wildman–Crippen MR) is 164 cm³/mol. The molecule has 9 heteroatoms. The van der Waals surface area contributed by atoms with Crippen molar-refractivity contribution in [2.75, 3.05) is 25.2 Å². The summed E-state index contributed by atoms with van der Waals surface area (Å²) in [6, 6.07) is 8.93. The Morgan fingerprint density at radius 3 is 2.54 bits per heavy atom. The van der Waals surface area contributed by atoms with Crippen LogP contribution in [0.5, 0.6) is 5.75 Å². The number of rotatable bonds is 10. The summed E-state index contributed by atoms with van der Waals surface area (Å²) >= 11 is 0. The lowest BCUT2D eigenvalue weighted by molar-refractivity contribution is -0.146. The van der Waals surface area contributed by atoms with Crippen molar-refractivity contribution in [3.8, 4) is 11.4 Å². The minimum atomic E-state index is -2.81. The fourth-order valence-corrected chi connectivity index (χ4v) is 9.17. The number of ether oxygens (including phenoxy) is 2. The minimum absolute atomic E-state index is 0.105. The van der Waals surface area contributed by atoms with Crippen LogP contribution in [-0.2, 0) is 15.1 Å². The Balaban J connectivity index is 1.84. The molecule has 4 rings (SSSR count). The number of aliphatic hydroxyl groups excluding tert-OH is 1. The number of hydrogen-bond donors (Lipinski definition) is 2. The molecule has 4 atom stereocenters. The quantitative estimate of drug-likeness (QED) is 0.301. The lowest BCUT2D eigenvalue weighted by Gasteiger charge is -2.32. The van der Waals surface area contributed by atoms with E-state index in [1.807, 2.05) is 38.2 Å². The van der Waals surface area contributed by atoms with E-state index >= 15 is 0 Å². The lowest BCUT2D eigenvalue weighted by Crippen LogP contribution is -2.46. The van der Waals surface area contributed by atoms with Gasteiger partial charge in [0.25, 0.3) is 11.5 Å². The SMILES string of the molecule is COc1cccn(-c2ccc3c(c2)[C@]2(O[C@@H](CCO)[C@H]([Si](C)(C)O)[C@H]2C)C(=O)N3C/C=C(\C)CCC=C(C)C)c1=O. The van der Waals surface area contributed by atoms with Gasteiger partial charge in [0, 0.05) is 42.1 Å². The van der Waals surface area contributed by atoms with Crippen LogP contribution in [0, 0.1) is 5.92 Å². The average molecular weight is 581 g/mol. The molecule has 2 aliphatic heterocycles. The van der Waals surface area contributed by atoms with Crippen LogP contribution >= 0.6 is 0 Å². The highest BCUT2D eigenvalue weighted by atomic mass is 28.4. The Hall–Kier alpha value is -2.98. The molecule has 41 heavy (non-hydrogen) atoms. The van der Waals surface area contributed by atoms with Crippen molar-refractivity contribution in [2.24, 2.45) is 5.92 Å². The number of benzene rings is 1. The molecule has 0 aliphatic carbocycles. The molecule has 1 saturated heterocycles. The number of carbonyl (C=O) groups excluding carboxylic acids is 1. The molecule has 1 aromatic carbocycles. The van der Waals surface area contributed by atoms with E-state index < -0.39 is 20.0 Å². The summed E-state index contributed by atoms with van der Waals surface area (Å²) in [6.07, 6.45) is 7.68. The minimum Gasteiger partial charge on any atom is -0.491 e. The first-order valence-corrected chi connectivity index (χ1v) is 17.4. The van der Waals surface area contributed by atoms with Crippen LogP contribution in [0.2, 0.25) is 18.6 Å². The Morgan fingerprint density at radius 2 is 1.90 bits per heavy atom. The average Bonchev–Trinajstić information content (AvgIpc) is 3.33. The molecule has 2 N–H and O–H groups in total. The number of allylic oxidation sites excluding steroid dienone is 3. The van der Waals surface area contributed by atoms with Crippen LogP contribution < -0.4 is 15.2 Å². The van der Waals surface area contributed by atoms with Crippen LogP contribution in [0.25, 0.3) is 5.69 Å². The third-order valence-electron chi connectivity index (χ3n) is 8.50. The van der Waals surface area contributed by atoms with Gasteiger partial charge in [-0.25, -0.2) is 0 Å². The van der Waals surface area contributed by atoms with Crippen molar-refractivity contribution < 1.29 is 24.2 Å². The fourth-order valence-electron chi connectivity index (χ4n) is 6.56. The number of anilines is 1. The highest BCUT2D eigenvalue weighted by Crippen LogP contribution is 2.59. The van der Waals surface area contributed by atoms with Gasteiger partial charge in [0.2, 0.25) is 0 Å². The normalized spacial score (nSPS) is 24.2. The van der Waals surface area contributed by atoms with Crippen LogP contribution in [-0.4, -0.2) is 55.1 Å². The van der Waals surface area contributed by atoms with E-state index in [0.717, 1.165) is 18.5 Å². The van der Waals surface area contributed by atoms with Crippen molar-refractivity contribution in [1.82, 2.24) is 4.57 Å². The molecular formula is C32H44N2O6Si. The first-order chi connectivity index (χ1) is 19.4. The molecular weight excluding hydrogens is 536 g/mol. The summed E-state index contributed by atoms with van der Waals surface area (Å²) in [4.78, 5) is 40.7. The molecule has 2 aromatic rings. The maximum absolute atomic E-state index is 14.5. The van der Waals surface area contributed by atoms with Gasteiger partial charge in [-0.05, 0) is 83.5 Å². The molecule has 0 saturated carbocycles. The molecule has 0 radical (unpaired) electrons. The first kappa shape index (κ1) is 31.0. The zero-order valence-corrected chi connectivity index (χ0v) is 26.3. The zero-order valence-electron chi connectivity index (χ0n) is 25.3. The molecule has 8 nitrogen and oxygen atoms in total. The second-order valence-corrected chi connectivity index (χ2v) is 16.1. The second-order valence-electron chi connectivity index (χ2n) is 12.1. The van der Waals surface area contributed by atoms with E-state index in [0.29, 0.717) is 24.2 Å². The van der Waals surface area contributed by atoms with Crippen LogP contribution in [0.1, 0.15) is 52.5 Å². The Morgan fingerprint density at radius 1 is 1.17 bits per heavy atom. The van der Waals surface area contributed by atoms with Crippen LogP contribution in [0.4, 0.5) is 5.69 Å². The Kier molecular flexibility index (Phi) is 9.13. The molecule has 1 amide bonds. The Bertz CT molecular complexity index is 1400. The molecule has 222 valence electrons. The van der Waals surface area contributed by atoms with E-state index in [1.54, 1.807) is 23.2 Å². The number of aromatic nitrogens is 1. The van der Waals surface area contributed by atoms with Crippen molar-refractivity contribution in [2.45, 2.75) is 77.3 Å². The van der Waals surface area contributed by atoms with E-state index in [9.17, 15) is 19.5 Å². The number of carbonyl (C=O) groups is 1. The van der Waals surface area contributed by atoms with Gasteiger partial charge in [0.15, 0.2) is 19.7 Å². The van der Waals surface area contributed by atoms with E-state index in [2.05, 4.69) is 32.9 Å². The lowest BCUT2D eigenvalue weighted by atomic mass is 9.82. The third-order valence-corrected chi connectivity index (χ3v) is 11.0. The second kappa shape index (κ2) is 12.1. The van der Waals surface area contributed by atoms with Crippen LogP contribution in [0.15, 0.2) is 64.6 Å². The maximum atomic E-state index is 14.5. The van der Waals surface area contributed by atoms with Crippen molar-refractivity contribution in [3.05, 3.63) is 75.7 Å². The van der Waals surface area contributed by atoms with Crippen molar-refractivity contribution in [3.63, 3.8) is 0 Å². The molecule has 1 fully saturated rings. The standard InChI is InChI=1S/C32H44N2O6Si/c1-21(2)10-8-11-22(3)15-18-34-26-14-13-24(33-17-9-12-28(39-5)30(33)36)20-25(26)32(31(34)37)23(4)29(41(6,7)38)27(40-32)16-19-35/h9-10,12-15,17,20,23,27,29,35,38H,8,11,16,18-19H2,1-7H3/b22-15+/t23-,27+,29-,32+/m1/s1. The van der Waals surface area contributed by atoms with Crippen molar-refractivity contribution in [1.29, 1.82) is 0 Å². The fraction of sp³-hybridized carbons (Fsp3) is 0.500. The van der Waals surface area contributed by atoms with E-state index in [4.69, 9.17) is 9.47 Å². The summed E-state index contributed by atoms with van der Waals surface area (Å²) in [5, 5.41) is 9.86. The summed E-state index contributed by atoms with van der Waals surface area (Å²) in [5.74, 6) is -0.301. The summed E-state index contributed by atoms with van der Waals surface area (Å²) < 4.78 is 13.5. The smallest absolute Gasteiger partial charge is 0.297 e. The molecule has 1 aromatic heterocycles. The van der Waals surface area contributed by atoms with Gasteiger partial charge in [-0.2, -0.15) is 0 Å². The topological polar surface area (TPSA) is 101 Å². The molecule has 0 bridgehead atoms. The number of fused-ring (bicyclic) bond motifs is 2.